The number of morpholine rings is 1. The van der Waals surface area contributed by atoms with Gasteiger partial charge in [0.15, 0.2) is 17.5 Å². The van der Waals surface area contributed by atoms with Crippen LogP contribution >= 0.6 is 24.0 Å². The maximum absolute atomic E-state index is 12.8. The van der Waals surface area contributed by atoms with Gasteiger partial charge in [-0.05, 0) is 19.9 Å². The van der Waals surface area contributed by atoms with Crippen molar-refractivity contribution >= 4 is 29.9 Å². The Morgan fingerprint density at radius 1 is 1.30 bits per heavy atom. The van der Waals surface area contributed by atoms with Gasteiger partial charge in [0.1, 0.15) is 5.75 Å². The molecule has 3 rings (SSSR count). The number of aliphatic imine (C=N–C) groups is 1. The predicted molar refractivity (Wildman–Crippen MR) is 119 cm³/mol. The van der Waals surface area contributed by atoms with Crippen LogP contribution in [0.4, 0.5) is 8.78 Å². The molecule has 0 saturated carbocycles. The number of nitrogens with zero attached hydrogens (tertiary/aromatic N) is 2. The van der Waals surface area contributed by atoms with Crippen molar-refractivity contribution in [3.05, 3.63) is 17.7 Å². The minimum atomic E-state index is -2.93. The van der Waals surface area contributed by atoms with Gasteiger partial charge in [0.25, 0.3) is 0 Å². The first-order valence-electron chi connectivity index (χ1n) is 9.63. The first-order valence-corrected chi connectivity index (χ1v) is 9.63. The summed E-state index contributed by atoms with van der Waals surface area (Å²) in [7, 11) is 1.66. The van der Waals surface area contributed by atoms with E-state index in [-0.39, 0.29) is 49.1 Å². The van der Waals surface area contributed by atoms with Crippen molar-refractivity contribution in [1.29, 1.82) is 0 Å². The highest BCUT2D eigenvalue weighted by Crippen LogP contribution is 2.38. The third kappa shape index (κ3) is 6.45. The molecule has 0 amide bonds. The third-order valence-electron chi connectivity index (χ3n) is 4.99. The molecule has 170 valence electrons. The summed E-state index contributed by atoms with van der Waals surface area (Å²) in [5.74, 6) is 1.50. The second kappa shape index (κ2) is 11.7. The standard InChI is InChI=1S/C19H28F2N4O4.HI/c1-12(25-4-5-26-10-13(25)2)8-23-19(22-3)24-9-14-6-16-17(28-11-27-16)7-15(14)29-18(20)21;/h6-7,12-13,18H,4-5,8-11H2,1-3H3,(H2,22,23,24);1H. The number of fused-ring (bicyclic) bond motifs is 1. The van der Waals surface area contributed by atoms with Gasteiger partial charge in [-0.25, -0.2) is 0 Å². The Hall–Kier alpha value is -1.60. The lowest BCUT2D eigenvalue weighted by molar-refractivity contribution is -0.0505. The number of nitrogens with one attached hydrogen (secondary N) is 2. The molecule has 2 atom stereocenters. The molecule has 0 bridgehead atoms. The molecule has 1 fully saturated rings. The van der Waals surface area contributed by atoms with Crippen molar-refractivity contribution in [1.82, 2.24) is 15.5 Å². The number of benzene rings is 1. The van der Waals surface area contributed by atoms with Gasteiger partial charge in [-0.3, -0.25) is 9.89 Å². The minimum absolute atomic E-state index is 0. The van der Waals surface area contributed by atoms with Crippen LogP contribution in [0.15, 0.2) is 17.1 Å². The van der Waals surface area contributed by atoms with E-state index in [2.05, 4.69) is 39.1 Å². The molecule has 11 heteroatoms. The van der Waals surface area contributed by atoms with Crippen LogP contribution in [0.1, 0.15) is 19.4 Å². The molecule has 2 N–H and O–H groups in total. The Labute approximate surface area is 192 Å². The van der Waals surface area contributed by atoms with Gasteiger partial charge >= 0.3 is 6.61 Å². The fourth-order valence-corrected chi connectivity index (χ4v) is 3.47. The predicted octanol–water partition coefficient (Wildman–Crippen LogP) is 2.41. The van der Waals surface area contributed by atoms with Gasteiger partial charge in [0.05, 0.1) is 13.2 Å². The molecule has 0 radical (unpaired) electrons. The van der Waals surface area contributed by atoms with E-state index in [4.69, 9.17) is 14.2 Å². The Balaban J connectivity index is 0.00000320. The van der Waals surface area contributed by atoms with Gasteiger partial charge in [0, 0.05) is 50.4 Å². The van der Waals surface area contributed by atoms with Gasteiger partial charge in [-0.1, -0.05) is 0 Å². The molecule has 1 saturated heterocycles. The SMILES string of the molecule is CN=C(NCc1cc2c(cc1OC(F)F)OCO2)NCC(C)N1CCOCC1C.I. The van der Waals surface area contributed by atoms with E-state index in [1.165, 1.54) is 6.07 Å². The number of halogens is 3. The molecule has 2 aliphatic rings. The zero-order chi connectivity index (χ0) is 20.8. The lowest BCUT2D eigenvalue weighted by atomic mass is 10.1. The molecular formula is C19H29F2IN4O4. The van der Waals surface area contributed by atoms with E-state index in [9.17, 15) is 8.78 Å². The zero-order valence-electron chi connectivity index (χ0n) is 17.3. The summed E-state index contributed by atoms with van der Waals surface area (Å²) in [6.45, 7) is 4.70. The van der Waals surface area contributed by atoms with Crippen molar-refractivity contribution < 1.29 is 27.7 Å². The van der Waals surface area contributed by atoms with Crippen molar-refractivity contribution in [2.24, 2.45) is 4.99 Å². The third-order valence-corrected chi connectivity index (χ3v) is 4.99. The quantitative estimate of drug-likeness (QED) is 0.312. The second-order valence-corrected chi connectivity index (χ2v) is 7.01. The van der Waals surface area contributed by atoms with E-state index in [0.717, 1.165) is 19.8 Å². The number of ether oxygens (including phenoxy) is 4. The van der Waals surface area contributed by atoms with Crippen LogP contribution in [0.2, 0.25) is 0 Å². The Morgan fingerprint density at radius 3 is 2.70 bits per heavy atom. The molecule has 1 aromatic carbocycles. The summed E-state index contributed by atoms with van der Waals surface area (Å²) in [4.78, 5) is 6.59. The molecule has 1 aromatic rings. The van der Waals surface area contributed by atoms with Crippen molar-refractivity contribution in [3.8, 4) is 17.2 Å². The van der Waals surface area contributed by atoms with E-state index in [1.54, 1.807) is 13.1 Å². The molecule has 0 spiro atoms. The first kappa shape index (κ1) is 24.7. The van der Waals surface area contributed by atoms with Gasteiger partial charge in [-0.15, -0.1) is 24.0 Å². The monoisotopic (exact) mass is 542 g/mol. The van der Waals surface area contributed by atoms with Crippen LogP contribution in [0, 0.1) is 0 Å². The molecule has 0 aliphatic carbocycles. The summed E-state index contributed by atoms with van der Waals surface area (Å²) in [5, 5.41) is 6.42. The van der Waals surface area contributed by atoms with Crippen molar-refractivity contribution in [3.63, 3.8) is 0 Å². The van der Waals surface area contributed by atoms with Crippen LogP contribution in [0.25, 0.3) is 0 Å². The molecule has 2 unspecified atom stereocenters. The fourth-order valence-electron chi connectivity index (χ4n) is 3.47. The second-order valence-electron chi connectivity index (χ2n) is 7.01. The highest BCUT2D eigenvalue weighted by Gasteiger charge is 2.24. The number of hydrogen-bond acceptors (Lipinski definition) is 6. The zero-order valence-corrected chi connectivity index (χ0v) is 19.7. The van der Waals surface area contributed by atoms with Crippen LogP contribution in [0.5, 0.6) is 17.2 Å². The summed E-state index contributed by atoms with van der Waals surface area (Å²) < 4.78 is 46.2. The molecule has 0 aromatic heterocycles. The number of alkyl halides is 2. The van der Waals surface area contributed by atoms with E-state index in [0.29, 0.717) is 35.6 Å². The van der Waals surface area contributed by atoms with Crippen LogP contribution in [-0.4, -0.2) is 69.7 Å². The Bertz CT molecular complexity index is 726. The van der Waals surface area contributed by atoms with E-state index in [1.807, 2.05) is 0 Å². The minimum Gasteiger partial charge on any atom is -0.454 e. The largest absolute Gasteiger partial charge is 0.454 e. The van der Waals surface area contributed by atoms with Gasteiger partial charge in [0.2, 0.25) is 6.79 Å². The highest BCUT2D eigenvalue weighted by atomic mass is 127. The molecule has 8 nitrogen and oxygen atoms in total. The van der Waals surface area contributed by atoms with E-state index < -0.39 is 6.61 Å². The smallest absolute Gasteiger partial charge is 0.387 e. The lowest BCUT2D eigenvalue weighted by Gasteiger charge is -2.38. The van der Waals surface area contributed by atoms with Crippen molar-refractivity contribution in [2.45, 2.75) is 39.1 Å². The maximum Gasteiger partial charge on any atom is 0.387 e. The van der Waals surface area contributed by atoms with Crippen LogP contribution in [-0.2, 0) is 11.3 Å². The lowest BCUT2D eigenvalue weighted by Crippen LogP contribution is -2.52. The van der Waals surface area contributed by atoms with Crippen molar-refractivity contribution in [2.75, 3.05) is 40.1 Å². The molecular weight excluding hydrogens is 513 g/mol. The van der Waals surface area contributed by atoms with Crippen LogP contribution in [0.3, 0.4) is 0 Å². The van der Waals surface area contributed by atoms with Gasteiger partial charge in [-0.2, -0.15) is 8.78 Å². The highest BCUT2D eigenvalue weighted by molar-refractivity contribution is 14.0. The number of guanidine groups is 1. The molecule has 2 heterocycles. The Kier molecular flexibility index (Phi) is 9.62. The number of rotatable bonds is 7. The van der Waals surface area contributed by atoms with E-state index >= 15 is 0 Å². The maximum atomic E-state index is 12.8. The summed E-state index contributed by atoms with van der Waals surface area (Å²) >= 11 is 0. The average Bonchev–Trinajstić information content (AvgIpc) is 3.15. The average molecular weight is 542 g/mol. The topological polar surface area (TPSA) is 76.6 Å². The molecule has 2 aliphatic heterocycles. The molecule has 30 heavy (non-hydrogen) atoms. The number of hydrogen-bond donors (Lipinski definition) is 2. The Morgan fingerprint density at radius 2 is 2.03 bits per heavy atom. The normalized spacial score (nSPS) is 19.9. The summed E-state index contributed by atoms with van der Waals surface area (Å²) in [5.41, 5.74) is 0.521. The first-order chi connectivity index (χ1) is 14.0. The van der Waals surface area contributed by atoms with Gasteiger partial charge < -0.3 is 29.6 Å². The summed E-state index contributed by atoms with van der Waals surface area (Å²) in [6, 6.07) is 3.70. The van der Waals surface area contributed by atoms with Crippen LogP contribution < -0.4 is 24.8 Å². The fraction of sp³-hybridized carbons (Fsp3) is 0.632. The summed E-state index contributed by atoms with van der Waals surface area (Å²) in [6.07, 6.45) is 0.